The molecule has 6 heteroatoms. The molecule has 2 aromatic carbocycles. The van der Waals surface area contributed by atoms with Gasteiger partial charge >= 0.3 is 0 Å². The first-order valence-corrected chi connectivity index (χ1v) is 9.96. The quantitative estimate of drug-likeness (QED) is 0.517. The van der Waals surface area contributed by atoms with Crippen LogP contribution in [0.3, 0.4) is 0 Å². The lowest BCUT2D eigenvalue weighted by Gasteiger charge is -2.45. The Hall–Kier alpha value is -1.09. The minimum absolute atomic E-state index is 0.164. The molecule has 0 amide bonds. The lowest BCUT2D eigenvalue weighted by atomic mass is 9.67. The number of aliphatic hydroxyl groups is 1. The SMILES string of the molecule is CC(C)(C)[C@@](N)(Cc1cc(F)cc(F)c1)[C@H](O)CNCc1cccc(I)c1. The summed E-state index contributed by atoms with van der Waals surface area (Å²) in [6, 6.07) is 11.4. The maximum Gasteiger partial charge on any atom is 0.126 e. The second-order valence-corrected chi connectivity index (χ2v) is 9.27. The van der Waals surface area contributed by atoms with Crippen molar-refractivity contribution in [2.45, 2.75) is 45.4 Å². The zero-order chi connectivity index (χ0) is 20.2. The second kappa shape index (κ2) is 8.94. The molecule has 0 radical (unpaired) electrons. The Bertz CT molecular complexity index is 759. The average Bonchev–Trinajstić information content (AvgIpc) is 2.52. The number of rotatable bonds is 7. The van der Waals surface area contributed by atoms with Gasteiger partial charge in [-0.15, -0.1) is 0 Å². The summed E-state index contributed by atoms with van der Waals surface area (Å²) in [6.45, 7) is 6.64. The predicted molar refractivity (Wildman–Crippen MR) is 113 cm³/mol. The number of halogens is 3. The standard InChI is InChI=1S/C21H27F2IN2O/c1-20(2,3)21(25,11-15-7-16(22)10-17(23)8-15)19(27)13-26-12-14-5-4-6-18(24)9-14/h4-10,19,26-27H,11-13,25H2,1-3H3/t19-,21-/m1/s1. The number of hydrogen-bond donors (Lipinski definition) is 3. The smallest absolute Gasteiger partial charge is 0.126 e. The Morgan fingerprint density at radius 1 is 1.07 bits per heavy atom. The maximum atomic E-state index is 13.6. The van der Waals surface area contributed by atoms with Gasteiger partial charge in [-0.2, -0.15) is 0 Å². The van der Waals surface area contributed by atoms with Gasteiger partial charge in [-0.3, -0.25) is 0 Å². The van der Waals surface area contributed by atoms with Gasteiger partial charge in [0.2, 0.25) is 0 Å². The molecule has 27 heavy (non-hydrogen) atoms. The van der Waals surface area contributed by atoms with Gasteiger partial charge in [-0.1, -0.05) is 32.9 Å². The van der Waals surface area contributed by atoms with Crippen LogP contribution in [0.4, 0.5) is 8.78 Å². The third-order valence-corrected chi connectivity index (χ3v) is 5.64. The number of benzene rings is 2. The van der Waals surface area contributed by atoms with Crippen molar-refractivity contribution in [2.24, 2.45) is 11.1 Å². The van der Waals surface area contributed by atoms with Crippen LogP contribution in [0.25, 0.3) is 0 Å². The van der Waals surface area contributed by atoms with Crippen molar-refractivity contribution in [2.75, 3.05) is 6.54 Å². The molecule has 0 unspecified atom stereocenters. The first-order valence-electron chi connectivity index (χ1n) is 8.88. The van der Waals surface area contributed by atoms with E-state index in [-0.39, 0.29) is 13.0 Å². The van der Waals surface area contributed by atoms with Crippen LogP contribution in [0.1, 0.15) is 31.9 Å². The van der Waals surface area contributed by atoms with Crippen LogP contribution in [-0.4, -0.2) is 23.3 Å². The van der Waals surface area contributed by atoms with E-state index in [9.17, 15) is 13.9 Å². The lowest BCUT2D eigenvalue weighted by Crippen LogP contribution is -2.63. The van der Waals surface area contributed by atoms with Gasteiger partial charge in [0.25, 0.3) is 0 Å². The zero-order valence-corrected chi connectivity index (χ0v) is 18.1. The zero-order valence-electron chi connectivity index (χ0n) is 15.9. The Morgan fingerprint density at radius 2 is 1.70 bits per heavy atom. The minimum Gasteiger partial charge on any atom is -0.390 e. The highest BCUT2D eigenvalue weighted by Crippen LogP contribution is 2.34. The summed E-state index contributed by atoms with van der Waals surface area (Å²) in [5.74, 6) is -1.29. The Labute approximate surface area is 173 Å². The molecular weight excluding hydrogens is 461 g/mol. The number of nitrogens with one attached hydrogen (secondary N) is 1. The number of hydrogen-bond acceptors (Lipinski definition) is 3. The van der Waals surface area contributed by atoms with Gasteiger partial charge in [-0.05, 0) is 69.8 Å². The molecule has 0 spiro atoms. The maximum absolute atomic E-state index is 13.6. The Morgan fingerprint density at radius 3 is 2.26 bits per heavy atom. The van der Waals surface area contributed by atoms with E-state index in [4.69, 9.17) is 5.73 Å². The van der Waals surface area contributed by atoms with Crippen molar-refractivity contribution >= 4 is 22.6 Å². The summed E-state index contributed by atoms with van der Waals surface area (Å²) in [4.78, 5) is 0. The van der Waals surface area contributed by atoms with E-state index < -0.39 is 28.7 Å². The van der Waals surface area contributed by atoms with Gasteiger partial charge in [-0.25, -0.2) is 8.78 Å². The van der Waals surface area contributed by atoms with Crippen LogP contribution < -0.4 is 11.1 Å². The topological polar surface area (TPSA) is 58.3 Å². The molecule has 4 N–H and O–H groups in total. The van der Waals surface area contributed by atoms with Crippen molar-refractivity contribution in [3.05, 3.63) is 68.8 Å². The Balaban J connectivity index is 2.11. The summed E-state index contributed by atoms with van der Waals surface area (Å²) in [6.07, 6.45) is -0.733. The predicted octanol–water partition coefficient (Wildman–Crippen LogP) is 4.01. The first kappa shape index (κ1) is 22.2. The van der Waals surface area contributed by atoms with Crippen molar-refractivity contribution in [1.82, 2.24) is 5.32 Å². The molecule has 148 valence electrons. The summed E-state index contributed by atoms with van der Waals surface area (Å²) in [7, 11) is 0. The molecule has 0 saturated heterocycles. The molecule has 0 bridgehead atoms. The van der Waals surface area contributed by atoms with Crippen molar-refractivity contribution in [3.8, 4) is 0 Å². The monoisotopic (exact) mass is 488 g/mol. The van der Waals surface area contributed by atoms with Crippen molar-refractivity contribution < 1.29 is 13.9 Å². The fraction of sp³-hybridized carbons (Fsp3) is 0.429. The van der Waals surface area contributed by atoms with E-state index in [1.807, 2.05) is 39.0 Å². The molecule has 0 aliphatic rings. The molecule has 0 aliphatic heterocycles. The summed E-state index contributed by atoms with van der Waals surface area (Å²) < 4.78 is 28.3. The van der Waals surface area contributed by atoms with Gasteiger partial charge in [0, 0.05) is 22.7 Å². The van der Waals surface area contributed by atoms with Crippen LogP contribution in [-0.2, 0) is 13.0 Å². The van der Waals surface area contributed by atoms with Crippen LogP contribution in [0, 0.1) is 20.6 Å². The number of nitrogens with two attached hydrogens (primary N) is 1. The second-order valence-electron chi connectivity index (χ2n) is 8.02. The van der Waals surface area contributed by atoms with Gasteiger partial charge in [0.1, 0.15) is 11.6 Å². The van der Waals surface area contributed by atoms with E-state index in [1.165, 1.54) is 12.1 Å². The largest absolute Gasteiger partial charge is 0.390 e. The van der Waals surface area contributed by atoms with E-state index in [2.05, 4.69) is 34.0 Å². The van der Waals surface area contributed by atoms with E-state index in [0.29, 0.717) is 12.1 Å². The van der Waals surface area contributed by atoms with E-state index >= 15 is 0 Å². The highest BCUT2D eigenvalue weighted by Gasteiger charge is 2.44. The van der Waals surface area contributed by atoms with Crippen molar-refractivity contribution in [1.29, 1.82) is 0 Å². The van der Waals surface area contributed by atoms with Crippen LogP contribution >= 0.6 is 22.6 Å². The highest BCUT2D eigenvalue weighted by molar-refractivity contribution is 14.1. The van der Waals surface area contributed by atoms with Gasteiger partial charge in [0.05, 0.1) is 11.6 Å². The molecule has 2 aromatic rings. The van der Waals surface area contributed by atoms with Crippen molar-refractivity contribution in [3.63, 3.8) is 0 Å². The third-order valence-electron chi connectivity index (χ3n) is 4.97. The molecule has 2 atom stereocenters. The molecule has 0 aliphatic carbocycles. The lowest BCUT2D eigenvalue weighted by molar-refractivity contribution is 0.0150. The Kier molecular flexibility index (Phi) is 7.35. The summed E-state index contributed by atoms with van der Waals surface area (Å²) in [5, 5.41) is 14.1. The summed E-state index contributed by atoms with van der Waals surface area (Å²) >= 11 is 2.25. The molecular formula is C21H27F2IN2O. The molecule has 0 fully saturated rings. The van der Waals surface area contributed by atoms with Crippen LogP contribution in [0.2, 0.25) is 0 Å². The third kappa shape index (κ3) is 5.94. The van der Waals surface area contributed by atoms with Crippen LogP contribution in [0.5, 0.6) is 0 Å². The average molecular weight is 488 g/mol. The highest BCUT2D eigenvalue weighted by atomic mass is 127. The molecule has 2 rings (SSSR count). The fourth-order valence-electron chi connectivity index (χ4n) is 3.12. The molecule has 0 heterocycles. The molecule has 3 nitrogen and oxygen atoms in total. The van der Waals surface area contributed by atoms with E-state index in [1.54, 1.807) is 0 Å². The molecule has 0 aromatic heterocycles. The summed E-state index contributed by atoms with van der Waals surface area (Å²) in [5.41, 5.74) is 6.61. The van der Waals surface area contributed by atoms with Gasteiger partial charge in [0.15, 0.2) is 0 Å². The van der Waals surface area contributed by atoms with Gasteiger partial charge < -0.3 is 16.2 Å². The number of aliphatic hydroxyl groups excluding tert-OH is 1. The normalized spacial score (nSPS) is 15.4. The van der Waals surface area contributed by atoms with Crippen LogP contribution in [0.15, 0.2) is 42.5 Å². The minimum atomic E-state index is -1.06. The first-order chi connectivity index (χ1) is 12.5. The fourth-order valence-corrected chi connectivity index (χ4v) is 3.72. The van der Waals surface area contributed by atoms with E-state index in [0.717, 1.165) is 15.2 Å². The molecule has 0 saturated carbocycles.